The van der Waals surface area contributed by atoms with Crippen LogP contribution < -0.4 is 5.32 Å². The van der Waals surface area contributed by atoms with Gasteiger partial charge in [0.25, 0.3) is 0 Å². The highest BCUT2D eigenvalue weighted by Gasteiger charge is 2.23. The molecule has 2 aromatic rings. The van der Waals surface area contributed by atoms with Crippen LogP contribution in [-0.2, 0) is 0 Å². The number of hydrogen-bond acceptors (Lipinski definition) is 5. The summed E-state index contributed by atoms with van der Waals surface area (Å²) in [5.41, 5.74) is 0.211. The third kappa shape index (κ3) is 2.02. The van der Waals surface area contributed by atoms with Crippen LogP contribution in [0.5, 0.6) is 0 Å². The monoisotopic (exact) mass is 238 g/mol. The number of rotatable bonds is 4. The first-order valence-electron chi connectivity index (χ1n) is 5.03. The zero-order chi connectivity index (χ0) is 11.6. The van der Waals surface area contributed by atoms with Crippen molar-refractivity contribution in [2.24, 2.45) is 0 Å². The summed E-state index contributed by atoms with van der Waals surface area (Å²) in [7, 11) is 0. The lowest BCUT2D eigenvalue weighted by Gasteiger charge is -2.26. The van der Waals surface area contributed by atoms with Crippen LogP contribution in [-0.4, -0.2) is 33.3 Å². The van der Waals surface area contributed by atoms with Gasteiger partial charge in [0.1, 0.15) is 5.00 Å². The van der Waals surface area contributed by atoms with Crippen LogP contribution in [0.25, 0.3) is 10.9 Å². The summed E-state index contributed by atoms with van der Waals surface area (Å²) in [5, 5.41) is 23.5. The molecule has 0 amide bonds. The maximum atomic E-state index is 9.22. The molecule has 0 saturated carbocycles. The molecule has 0 radical (unpaired) electrons. The lowest BCUT2D eigenvalue weighted by atomic mass is 10.1. The van der Waals surface area contributed by atoms with Gasteiger partial charge < -0.3 is 15.5 Å². The van der Waals surface area contributed by atoms with E-state index >= 15 is 0 Å². The minimum Gasteiger partial charge on any atom is -0.394 e. The van der Waals surface area contributed by atoms with Gasteiger partial charge in [-0.2, -0.15) is 4.37 Å². The van der Waals surface area contributed by atoms with Crippen LogP contribution in [0.2, 0.25) is 0 Å². The van der Waals surface area contributed by atoms with E-state index in [4.69, 9.17) is 0 Å². The Bertz CT molecular complexity index is 480. The van der Waals surface area contributed by atoms with E-state index in [-0.39, 0.29) is 13.2 Å². The Hall–Kier alpha value is -1.17. The lowest BCUT2D eigenvalue weighted by Crippen LogP contribution is -2.42. The number of aliphatic hydroxyl groups excluding tert-OH is 2. The van der Waals surface area contributed by atoms with Gasteiger partial charge in [-0.1, -0.05) is 12.1 Å². The van der Waals surface area contributed by atoms with E-state index in [9.17, 15) is 10.2 Å². The molecule has 0 saturated heterocycles. The molecule has 0 unspecified atom stereocenters. The molecule has 1 aromatic carbocycles. The first kappa shape index (κ1) is 11.3. The fraction of sp³-hybridized carbons (Fsp3) is 0.364. The second-order valence-electron chi connectivity index (χ2n) is 4.03. The van der Waals surface area contributed by atoms with Gasteiger partial charge in [-0.05, 0) is 30.6 Å². The molecule has 0 fully saturated rings. The molecular formula is C11H14N2O2S. The van der Waals surface area contributed by atoms with Gasteiger partial charge in [0.05, 0.1) is 24.3 Å². The van der Waals surface area contributed by atoms with Crippen molar-refractivity contribution in [1.82, 2.24) is 4.37 Å². The molecule has 16 heavy (non-hydrogen) atoms. The molecule has 4 nitrogen and oxygen atoms in total. The molecule has 1 heterocycles. The minimum absolute atomic E-state index is 0.129. The van der Waals surface area contributed by atoms with Gasteiger partial charge in [0, 0.05) is 5.39 Å². The van der Waals surface area contributed by atoms with E-state index in [1.807, 2.05) is 24.3 Å². The number of fused-ring (bicyclic) bond motifs is 1. The van der Waals surface area contributed by atoms with Gasteiger partial charge in [0.2, 0.25) is 0 Å². The zero-order valence-electron chi connectivity index (χ0n) is 8.97. The molecule has 86 valence electrons. The maximum Gasteiger partial charge on any atom is 0.117 e. The predicted molar refractivity (Wildman–Crippen MR) is 65.8 cm³/mol. The van der Waals surface area contributed by atoms with Crippen LogP contribution in [0, 0.1) is 0 Å². The standard InChI is InChI=1S/C11H14N2O2S/c1-11(6-14,7-15)12-10-8-4-2-3-5-9(8)13-16-10/h2-5,12,14-15H,6-7H2,1H3. The highest BCUT2D eigenvalue weighted by molar-refractivity contribution is 7.11. The van der Waals surface area contributed by atoms with Crippen molar-refractivity contribution in [2.45, 2.75) is 12.5 Å². The highest BCUT2D eigenvalue weighted by Crippen LogP contribution is 2.29. The number of aromatic nitrogens is 1. The van der Waals surface area contributed by atoms with E-state index in [0.29, 0.717) is 0 Å². The SMILES string of the molecule is CC(CO)(CO)Nc1snc2ccccc12. The summed E-state index contributed by atoms with van der Waals surface area (Å²) in [6.45, 7) is 1.51. The molecule has 1 aromatic heterocycles. The number of nitrogens with one attached hydrogen (secondary N) is 1. The molecule has 3 N–H and O–H groups in total. The molecule has 5 heteroatoms. The number of aliphatic hydroxyl groups is 2. The maximum absolute atomic E-state index is 9.22. The van der Waals surface area contributed by atoms with Crippen molar-refractivity contribution in [2.75, 3.05) is 18.5 Å². The van der Waals surface area contributed by atoms with E-state index < -0.39 is 5.54 Å². The van der Waals surface area contributed by atoms with Crippen LogP contribution in [0.15, 0.2) is 24.3 Å². The minimum atomic E-state index is -0.713. The van der Waals surface area contributed by atoms with Crippen LogP contribution in [0.3, 0.4) is 0 Å². The Kier molecular flexibility index (Phi) is 3.09. The van der Waals surface area contributed by atoms with Gasteiger partial charge >= 0.3 is 0 Å². The predicted octanol–water partition coefficient (Wildman–Crippen LogP) is 1.45. The third-order valence-electron chi connectivity index (χ3n) is 2.50. The number of anilines is 1. The molecule has 0 bridgehead atoms. The van der Waals surface area contributed by atoms with E-state index in [1.165, 1.54) is 11.5 Å². The summed E-state index contributed by atoms with van der Waals surface area (Å²) in [4.78, 5) is 0. The molecule has 2 rings (SSSR count). The van der Waals surface area contributed by atoms with E-state index in [2.05, 4.69) is 9.69 Å². The average Bonchev–Trinajstić information content (AvgIpc) is 2.73. The van der Waals surface area contributed by atoms with Crippen molar-refractivity contribution in [3.05, 3.63) is 24.3 Å². The fourth-order valence-electron chi connectivity index (χ4n) is 1.38. The fourth-order valence-corrected chi connectivity index (χ4v) is 2.29. The van der Waals surface area contributed by atoms with Crippen molar-refractivity contribution in [1.29, 1.82) is 0 Å². The van der Waals surface area contributed by atoms with Gasteiger partial charge in [-0.25, -0.2) is 0 Å². The number of nitrogens with zero attached hydrogens (tertiary/aromatic N) is 1. The Labute approximate surface area is 97.7 Å². The number of hydrogen-bond donors (Lipinski definition) is 3. The first-order chi connectivity index (χ1) is 7.68. The van der Waals surface area contributed by atoms with Gasteiger partial charge in [0.15, 0.2) is 0 Å². The Balaban J connectivity index is 2.34. The molecule has 0 aliphatic heterocycles. The topological polar surface area (TPSA) is 65.4 Å². The zero-order valence-corrected chi connectivity index (χ0v) is 9.79. The van der Waals surface area contributed by atoms with Crippen LogP contribution in [0.4, 0.5) is 5.00 Å². The Morgan fingerprint density at radius 1 is 1.31 bits per heavy atom. The Morgan fingerprint density at radius 3 is 2.69 bits per heavy atom. The second-order valence-corrected chi connectivity index (χ2v) is 4.80. The lowest BCUT2D eigenvalue weighted by molar-refractivity contribution is 0.148. The van der Waals surface area contributed by atoms with Gasteiger partial charge in [-0.15, -0.1) is 0 Å². The first-order valence-corrected chi connectivity index (χ1v) is 5.80. The summed E-state index contributed by atoms with van der Waals surface area (Å²) >= 11 is 1.34. The van der Waals surface area contributed by atoms with Crippen molar-refractivity contribution in [3.63, 3.8) is 0 Å². The smallest absolute Gasteiger partial charge is 0.117 e. The Morgan fingerprint density at radius 2 is 2.00 bits per heavy atom. The van der Waals surface area contributed by atoms with Crippen molar-refractivity contribution < 1.29 is 10.2 Å². The summed E-state index contributed by atoms with van der Waals surface area (Å²) in [6, 6.07) is 7.78. The molecule has 0 aliphatic rings. The number of benzene rings is 1. The van der Waals surface area contributed by atoms with Gasteiger partial charge in [-0.3, -0.25) is 0 Å². The quantitative estimate of drug-likeness (QED) is 0.754. The summed E-state index contributed by atoms with van der Waals surface area (Å²) < 4.78 is 4.29. The van der Waals surface area contributed by atoms with Crippen molar-refractivity contribution in [3.8, 4) is 0 Å². The molecule has 0 spiro atoms. The van der Waals surface area contributed by atoms with E-state index in [1.54, 1.807) is 6.92 Å². The summed E-state index contributed by atoms with van der Waals surface area (Å²) in [5.74, 6) is 0. The second kappa shape index (κ2) is 4.37. The summed E-state index contributed by atoms with van der Waals surface area (Å²) in [6.07, 6.45) is 0. The highest BCUT2D eigenvalue weighted by atomic mass is 32.1. The largest absolute Gasteiger partial charge is 0.394 e. The van der Waals surface area contributed by atoms with Crippen molar-refractivity contribution >= 4 is 27.4 Å². The average molecular weight is 238 g/mol. The van der Waals surface area contributed by atoms with Crippen LogP contribution in [0.1, 0.15) is 6.92 Å². The van der Waals surface area contributed by atoms with Crippen LogP contribution >= 0.6 is 11.5 Å². The molecular weight excluding hydrogens is 224 g/mol. The van der Waals surface area contributed by atoms with E-state index in [0.717, 1.165) is 15.9 Å². The molecule has 0 aliphatic carbocycles. The third-order valence-corrected chi connectivity index (χ3v) is 3.29. The normalized spacial score (nSPS) is 11.9. The molecule has 0 atom stereocenters.